The van der Waals surface area contributed by atoms with Crippen LogP contribution >= 0.6 is 0 Å². The van der Waals surface area contributed by atoms with Crippen molar-refractivity contribution < 1.29 is 19.1 Å². The van der Waals surface area contributed by atoms with Crippen LogP contribution in [0.3, 0.4) is 0 Å². The van der Waals surface area contributed by atoms with Crippen molar-refractivity contribution in [2.75, 3.05) is 6.61 Å². The lowest BCUT2D eigenvalue weighted by Gasteiger charge is -2.40. The zero-order chi connectivity index (χ0) is 20.0. The van der Waals surface area contributed by atoms with Gasteiger partial charge < -0.3 is 9.47 Å². The minimum Gasteiger partial charge on any atom is -0.461 e. The van der Waals surface area contributed by atoms with E-state index >= 15 is 0 Å². The number of hydrogen-bond acceptors (Lipinski definition) is 5. The third-order valence-electron chi connectivity index (χ3n) is 9.50. The van der Waals surface area contributed by atoms with Crippen molar-refractivity contribution in [3.63, 3.8) is 0 Å². The number of hydroxylamine groups is 2. The van der Waals surface area contributed by atoms with E-state index < -0.39 is 0 Å². The Bertz CT molecular complexity index is 841. The van der Waals surface area contributed by atoms with E-state index in [-0.39, 0.29) is 40.7 Å². The fourth-order valence-electron chi connectivity index (χ4n) is 7.41. The lowest BCUT2D eigenvalue weighted by atomic mass is 9.70. The first kappa shape index (κ1) is 18.3. The Hall–Kier alpha value is -1.43. The molecule has 2 heterocycles. The summed E-state index contributed by atoms with van der Waals surface area (Å²) in [4.78, 5) is 19.2. The first-order valence-electron chi connectivity index (χ1n) is 11.2. The zero-order valence-corrected chi connectivity index (χ0v) is 17.6. The summed E-state index contributed by atoms with van der Waals surface area (Å²) in [5.74, 6) is 0.348. The van der Waals surface area contributed by atoms with Crippen LogP contribution in [0.15, 0.2) is 30.3 Å². The van der Waals surface area contributed by atoms with Crippen molar-refractivity contribution in [3.05, 3.63) is 35.9 Å². The molecule has 2 saturated heterocycles. The average molecular weight is 398 g/mol. The Kier molecular flexibility index (Phi) is 3.69. The molecule has 5 heteroatoms. The Morgan fingerprint density at radius 3 is 2.76 bits per heavy atom. The van der Waals surface area contributed by atoms with Crippen LogP contribution in [0.4, 0.5) is 0 Å². The maximum absolute atomic E-state index is 12.6. The van der Waals surface area contributed by atoms with Gasteiger partial charge in [0.15, 0.2) is 0 Å². The molecule has 5 nitrogen and oxygen atoms in total. The fourth-order valence-corrected chi connectivity index (χ4v) is 7.41. The summed E-state index contributed by atoms with van der Waals surface area (Å²) in [6, 6.07) is 9.59. The van der Waals surface area contributed by atoms with Crippen molar-refractivity contribution in [2.45, 2.75) is 77.4 Å². The van der Waals surface area contributed by atoms with E-state index in [0.717, 1.165) is 19.3 Å². The molecule has 29 heavy (non-hydrogen) atoms. The first-order valence-corrected chi connectivity index (χ1v) is 11.2. The second kappa shape index (κ2) is 5.83. The normalized spacial score (nSPS) is 46.5. The Balaban J connectivity index is 1.27. The number of ether oxygens (including phenoxy) is 2. The van der Waals surface area contributed by atoms with Crippen LogP contribution in [0, 0.1) is 22.2 Å². The minimum atomic E-state index is -0.254. The molecule has 0 radical (unpaired) electrons. The van der Waals surface area contributed by atoms with Gasteiger partial charge >= 0.3 is 5.97 Å². The second-order valence-corrected chi connectivity index (χ2v) is 10.7. The van der Waals surface area contributed by atoms with Crippen molar-refractivity contribution in [3.8, 4) is 0 Å². The van der Waals surface area contributed by atoms with Crippen LogP contribution in [0.1, 0.15) is 63.2 Å². The number of nitrogens with zero attached hydrogens (tertiary/aromatic N) is 1. The molecule has 0 N–H and O–H groups in total. The van der Waals surface area contributed by atoms with Crippen LogP contribution in [0.5, 0.6) is 0 Å². The fraction of sp³-hybridized carbons (Fsp3) is 0.708. The highest BCUT2D eigenvalue weighted by molar-refractivity contribution is 5.89. The molecule has 0 amide bonds. The largest absolute Gasteiger partial charge is 0.461 e. The van der Waals surface area contributed by atoms with Crippen LogP contribution in [0.2, 0.25) is 0 Å². The highest BCUT2D eigenvalue weighted by atomic mass is 16.8. The summed E-state index contributed by atoms with van der Waals surface area (Å²) in [5, 5.41) is 2.21. The number of carbonyl (C=O) groups excluding carboxylic acids is 1. The van der Waals surface area contributed by atoms with Gasteiger partial charge in [0.1, 0.15) is 12.8 Å². The third-order valence-corrected chi connectivity index (χ3v) is 9.50. The van der Waals surface area contributed by atoms with Crippen molar-refractivity contribution >= 4 is 5.97 Å². The summed E-state index contributed by atoms with van der Waals surface area (Å²) in [6.07, 6.45) is 5.80. The van der Waals surface area contributed by atoms with Crippen molar-refractivity contribution in [2.24, 2.45) is 22.2 Å². The van der Waals surface area contributed by atoms with E-state index in [1.165, 1.54) is 12.8 Å². The highest BCUT2D eigenvalue weighted by Crippen LogP contribution is 2.71. The number of esters is 1. The molecule has 0 unspecified atom stereocenters. The van der Waals surface area contributed by atoms with Gasteiger partial charge in [-0.05, 0) is 55.6 Å². The maximum Gasteiger partial charge on any atom is 0.338 e. The zero-order valence-electron chi connectivity index (χ0n) is 17.6. The van der Waals surface area contributed by atoms with Gasteiger partial charge in [-0.15, -0.1) is 0 Å². The summed E-state index contributed by atoms with van der Waals surface area (Å²) < 4.78 is 12.7. The number of fused-ring (bicyclic) bond motifs is 9. The van der Waals surface area contributed by atoms with Crippen molar-refractivity contribution in [1.29, 1.82) is 0 Å². The molecule has 3 saturated carbocycles. The van der Waals surface area contributed by atoms with Crippen LogP contribution < -0.4 is 0 Å². The van der Waals surface area contributed by atoms with Gasteiger partial charge in [-0.25, -0.2) is 4.79 Å². The molecule has 0 aromatic heterocycles. The predicted octanol–water partition coefficient (Wildman–Crippen LogP) is 4.18. The van der Waals surface area contributed by atoms with Gasteiger partial charge in [-0.2, -0.15) is 5.06 Å². The summed E-state index contributed by atoms with van der Waals surface area (Å²) in [7, 11) is 0. The quantitative estimate of drug-likeness (QED) is 0.716. The maximum atomic E-state index is 12.6. The van der Waals surface area contributed by atoms with Gasteiger partial charge in [-0.1, -0.05) is 39.0 Å². The molecule has 5 fully saturated rings. The van der Waals surface area contributed by atoms with E-state index in [4.69, 9.17) is 14.3 Å². The predicted molar refractivity (Wildman–Crippen MR) is 107 cm³/mol. The molecular formula is C24H31NO4. The molecule has 0 spiro atoms. The monoisotopic (exact) mass is 397 g/mol. The molecule has 7 atom stereocenters. The third kappa shape index (κ3) is 2.14. The van der Waals surface area contributed by atoms with Crippen LogP contribution in [-0.2, 0) is 14.3 Å². The van der Waals surface area contributed by atoms with E-state index in [0.29, 0.717) is 24.1 Å². The lowest BCUT2D eigenvalue weighted by Crippen LogP contribution is -2.45. The van der Waals surface area contributed by atoms with E-state index in [9.17, 15) is 4.79 Å². The van der Waals surface area contributed by atoms with Gasteiger partial charge in [0.05, 0.1) is 29.2 Å². The molecular weight excluding hydrogens is 366 g/mol. The molecule has 156 valence electrons. The number of carbonyl (C=O) groups is 1. The standard InChI is InChI=1S/C24H31NO4/c1-22(2)16-11-13-23(22,3)19-18(16)25-21(28-19)24(12-7-10-17(24)29-25)14-27-20(26)15-8-5-4-6-9-15/h4-6,8-9,16-19,21H,7,10-14H2,1-3H3/t16-,17+,18-,19-,21+,23+,24+/m1/s1. The first-order chi connectivity index (χ1) is 13.9. The summed E-state index contributed by atoms with van der Waals surface area (Å²) in [6.45, 7) is 7.61. The van der Waals surface area contributed by atoms with Crippen LogP contribution in [-0.4, -0.2) is 42.1 Å². The molecule has 3 aliphatic carbocycles. The SMILES string of the molecule is CC1(C)[C@@H]2CC[C@@]1(C)[C@@H]1O[C@@H]3N(O[C@H]4CCC[C@]43COC(=O)c3ccccc3)[C@H]21. The van der Waals surface area contributed by atoms with E-state index in [2.05, 4.69) is 25.8 Å². The molecule has 1 aromatic carbocycles. The Morgan fingerprint density at radius 1 is 1.17 bits per heavy atom. The summed E-state index contributed by atoms with van der Waals surface area (Å²) in [5.41, 5.74) is 0.813. The second-order valence-electron chi connectivity index (χ2n) is 10.7. The van der Waals surface area contributed by atoms with E-state index in [1.807, 2.05) is 18.2 Å². The molecule has 1 aromatic rings. The number of rotatable bonds is 3. The van der Waals surface area contributed by atoms with E-state index in [1.54, 1.807) is 12.1 Å². The Labute approximate surface area is 172 Å². The van der Waals surface area contributed by atoms with Gasteiger partial charge in [-0.3, -0.25) is 4.84 Å². The van der Waals surface area contributed by atoms with Gasteiger partial charge in [0.25, 0.3) is 0 Å². The van der Waals surface area contributed by atoms with Gasteiger partial charge in [0, 0.05) is 5.41 Å². The molecule has 6 rings (SSSR count). The van der Waals surface area contributed by atoms with Crippen molar-refractivity contribution in [1.82, 2.24) is 5.06 Å². The smallest absolute Gasteiger partial charge is 0.338 e. The topological polar surface area (TPSA) is 48.0 Å². The number of benzene rings is 1. The average Bonchev–Trinajstić information content (AvgIpc) is 3.43. The molecule has 2 aliphatic heterocycles. The van der Waals surface area contributed by atoms with Gasteiger partial charge in [0.2, 0.25) is 0 Å². The minimum absolute atomic E-state index is 0.0899. The summed E-state index contributed by atoms with van der Waals surface area (Å²) >= 11 is 0. The van der Waals surface area contributed by atoms with Crippen LogP contribution in [0.25, 0.3) is 0 Å². The Morgan fingerprint density at radius 2 is 1.97 bits per heavy atom. The molecule has 2 bridgehead atoms. The highest BCUT2D eigenvalue weighted by Gasteiger charge is 2.76. The number of hydrogen-bond donors (Lipinski definition) is 0. The lowest BCUT2D eigenvalue weighted by molar-refractivity contribution is -0.198. The molecule has 5 aliphatic rings.